The molecule has 1 aromatic carbocycles. The lowest BCUT2D eigenvalue weighted by Crippen LogP contribution is -2.08. The molecule has 1 aliphatic heterocycles. The van der Waals surface area contributed by atoms with Crippen LogP contribution in [0.5, 0.6) is 0 Å². The van der Waals surface area contributed by atoms with Crippen LogP contribution in [0.2, 0.25) is 0 Å². The maximum absolute atomic E-state index is 4.48. The molecule has 0 aliphatic carbocycles. The summed E-state index contributed by atoms with van der Waals surface area (Å²) in [7, 11) is 4.12. The predicted octanol–water partition coefficient (Wildman–Crippen LogP) is 2.34. The van der Waals surface area contributed by atoms with Crippen LogP contribution in [0.1, 0.15) is 18.4 Å². The molecule has 2 heteroatoms. The first-order chi connectivity index (χ1) is 6.77. The van der Waals surface area contributed by atoms with E-state index in [1.807, 2.05) is 0 Å². The summed E-state index contributed by atoms with van der Waals surface area (Å²) in [4.78, 5) is 6.59. The number of aliphatic imine (C=N–C) groups is 1. The highest BCUT2D eigenvalue weighted by molar-refractivity contribution is 6.01. The van der Waals surface area contributed by atoms with Gasteiger partial charge in [0.15, 0.2) is 0 Å². The van der Waals surface area contributed by atoms with Gasteiger partial charge in [-0.15, -0.1) is 0 Å². The Morgan fingerprint density at radius 2 is 1.86 bits per heavy atom. The van der Waals surface area contributed by atoms with Crippen LogP contribution in [0.15, 0.2) is 29.3 Å². The largest absolute Gasteiger partial charge is 0.378 e. The molecule has 0 saturated heterocycles. The van der Waals surface area contributed by atoms with Gasteiger partial charge in [-0.05, 0) is 30.5 Å². The average Bonchev–Trinajstić information content (AvgIpc) is 2.71. The predicted molar refractivity (Wildman–Crippen MR) is 61.4 cm³/mol. The molecule has 0 spiro atoms. The van der Waals surface area contributed by atoms with Gasteiger partial charge >= 0.3 is 0 Å². The maximum atomic E-state index is 4.48. The fourth-order valence-corrected chi connectivity index (χ4v) is 1.73. The van der Waals surface area contributed by atoms with Crippen molar-refractivity contribution in [3.63, 3.8) is 0 Å². The number of hydrogen-bond donors (Lipinski definition) is 0. The highest BCUT2D eigenvalue weighted by Crippen LogP contribution is 2.17. The fraction of sp³-hybridized carbons (Fsp3) is 0.417. The van der Waals surface area contributed by atoms with Crippen molar-refractivity contribution in [1.82, 2.24) is 0 Å². The molecule has 0 bridgehead atoms. The van der Waals surface area contributed by atoms with E-state index in [-0.39, 0.29) is 0 Å². The van der Waals surface area contributed by atoms with Crippen molar-refractivity contribution in [1.29, 1.82) is 0 Å². The lowest BCUT2D eigenvalue weighted by molar-refractivity contribution is 0.951. The standard InChI is InChI=1S/C12H16N2/c1-14(2)11-7-5-10(6-8-11)12-4-3-9-13-12/h5-8H,3-4,9H2,1-2H3. The monoisotopic (exact) mass is 188 g/mol. The van der Waals surface area contributed by atoms with Crippen molar-refractivity contribution in [3.8, 4) is 0 Å². The molecule has 0 fully saturated rings. The minimum absolute atomic E-state index is 1.00. The molecule has 0 aromatic heterocycles. The maximum Gasteiger partial charge on any atom is 0.0421 e. The summed E-state index contributed by atoms with van der Waals surface area (Å²) < 4.78 is 0. The van der Waals surface area contributed by atoms with E-state index < -0.39 is 0 Å². The Bertz CT molecular complexity index is 336. The smallest absolute Gasteiger partial charge is 0.0421 e. The van der Waals surface area contributed by atoms with Crippen molar-refractivity contribution in [2.24, 2.45) is 4.99 Å². The van der Waals surface area contributed by atoms with Crippen molar-refractivity contribution in [3.05, 3.63) is 29.8 Å². The second-order valence-electron chi connectivity index (χ2n) is 3.87. The van der Waals surface area contributed by atoms with Gasteiger partial charge in [-0.1, -0.05) is 12.1 Å². The van der Waals surface area contributed by atoms with E-state index >= 15 is 0 Å². The number of rotatable bonds is 2. The molecule has 74 valence electrons. The molecule has 1 heterocycles. The molecule has 0 atom stereocenters. The van der Waals surface area contributed by atoms with Gasteiger partial charge in [0, 0.05) is 32.0 Å². The minimum atomic E-state index is 1.00. The highest BCUT2D eigenvalue weighted by Gasteiger charge is 2.08. The van der Waals surface area contributed by atoms with Gasteiger partial charge in [-0.2, -0.15) is 0 Å². The third-order valence-electron chi connectivity index (χ3n) is 2.59. The molecule has 0 unspecified atom stereocenters. The number of benzene rings is 1. The van der Waals surface area contributed by atoms with E-state index in [0.717, 1.165) is 13.0 Å². The molecule has 1 aromatic rings. The normalized spacial score (nSPS) is 15.4. The van der Waals surface area contributed by atoms with Crippen LogP contribution in [0.3, 0.4) is 0 Å². The quantitative estimate of drug-likeness (QED) is 0.695. The Morgan fingerprint density at radius 1 is 1.14 bits per heavy atom. The topological polar surface area (TPSA) is 15.6 Å². The van der Waals surface area contributed by atoms with E-state index in [4.69, 9.17) is 0 Å². The van der Waals surface area contributed by atoms with Gasteiger partial charge in [-0.3, -0.25) is 4.99 Å². The molecule has 0 amide bonds. The summed E-state index contributed by atoms with van der Waals surface area (Å²) in [6.45, 7) is 1.00. The van der Waals surface area contributed by atoms with Crippen LogP contribution in [-0.2, 0) is 0 Å². The first-order valence-electron chi connectivity index (χ1n) is 5.08. The average molecular weight is 188 g/mol. The Balaban J connectivity index is 2.21. The number of nitrogens with zero attached hydrogens (tertiary/aromatic N) is 2. The van der Waals surface area contributed by atoms with Crippen LogP contribution in [0, 0.1) is 0 Å². The third kappa shape index (κ3) is 1.79. The van der Waals surface area contributed by atoms with Gasteiger partial charge in [0.2, 0.25) is 0 Å². The molecule has 0 N–H and O–H groups in total. The summed E-state index contributed by atoms with van der Waals surface area (Å²) in [6.07, 6.45) is 2.35. The molecule has 2 rings (SSSR count). The zero-order valence-corrected chi connectivity index (χ0v) is 8.83. The molecular weight excluding hydrogens is 172 g/mol. The minimum Gasteiger partial charge on any atom is -0.378 e. The van der Waals surface area contributed by atoms with E-state index in [0.29, 0.717) is 0 Å². The highest BCUT2D eigenvalue weighted by atomic mass is 15.1. The van der Waals surface area contributed by atoms with Crippen LogP contribution in [-0.4, -0.2) is 26.4 Å². The first-order valence-corrected chi connectivity index (χ1v) is 5.08. The summed E-state index contributed by atoms with van der Waals surface area (Å²) >= 11 is 0. The molecule has 0 radical (unpaired) electrons. The lowest BCUT2D eigenvalue weighted by atomic mass is 10.1. The van der Waals surface area contributed by atoms with Crippen molar-refractivity contribution < 1.29 is 0 Å². The third-order valence-corrected chi connectivity index (χ3v) is 2.59. The second-order valence-corrected chi connectivity index (χ2v) is 3.87. The Morgan fingerprint density at radius 3 is 2.36 bits per heavy atom. The number of hydrogen-bond acceptors (Lipinski definition) is 2. The second kappa shape index (κ2) is 3.82. The zero-order valence-electron chi connectivity index (χ0n) is 8.83. The number of anilines is 1. The summed E-state index contributed by atoms with van der Waals surface area (Å²) in [5, 5.41) is 0. The van der Waals surface area contributed by atoms with Crippen LogP contribution >= 0.6 is 0 Å². The van der Waals surface area contributed by atoms with Gasteiger partial charge in [0.1, 0.15) is 0 Å². The van der Waals surface area contributed by atoms with Crippen LogP contribution in [0.4, 0.5) is 5.69 Å². The van der Waals surface area contributed by atoms with E-state index in [2.05, 4.69) is 48.3 Å². The summed E-state index contributed by atoms with van der Waals surface area (Å²) in [5.74, 6) is 0. The van der Waals surface area contributed by atoms with E-state index in [1.54, 1.807) is 0 Å². The summed E-state index contributed by atoms with van der Waals surface area (Å²) in [5.41, 5.74) is 3.80. The van der Waals surface area contributed by atoms with Crippen LogP contribution in [0.25, 0.3) is 0 Å². The molecule has 1 aliphatic rings. The summed E-state index contributed by atoms with van der Waals surface area (Å²) in [6, 6.07) is 8.63. The Labute approximate surface area is 85.3 Å². The SMILES string of the molecule is CN(C)c1ccc(C2=NCCC2)cc1. The lowest BCUT2D eigenvalue weighted by Gasteiger charge is -2.12. The van der Waals surface area contributed by atoms with Gasteiger partial charge in [0.05, 0.1) is 0 Å². The van der Waals surface area contributed by atoms with Crippen LogP contribution < -0.4 is 4.90 Å². The van der Waals surface area contributed by atoms with Gasteiger partial charge in [0.25, 0.3) is 0 Å². The van der Waals surface area contributed by atoms with Gasteiger partial charge < -0.3 is 4.90 Å². The Hall–Kier alpha value is -1.31. The molecule has 14 heavy (non-hydrogen) atoms. The molecule has 2 nitrogen and oxygen atoms in total. The van der Waals surface area contributed by atoms with Crippen molar-refractivity contribution in [2.45, 2.75) is 12.8 Å². The molecular formula is C12H16N2. The van der Waals surface area contributed by atoms with E-state index in [9.17, 15) is 0 Å². The zero-order chi connectivity index (χ0) is 9.97. The van der Waals surface area contributed by atoms with Crippen molar-refractivity contribution in [2.75, 3.05) is 25.5 Å². The van der Waals surface area contributed by atoms with E-state index in [1.165, 1.54) is 23.4 Å². The van der Waals surface area contributed by atoms with Gasteiger partial charge in [-0.25, -0.2) is 0 Å². The first kappa shape index (κ1) is 9.25. The molecule has 0 saturated carbocycles. The Kier molecular flexibility index (Phi) is 2.53. The van der Waals surface area contributed by atoms with Crippen molar-refractivity contribution >= 4 is 11.4 Å². The fourth-order valence-electron chi connectivity index (χ4n) is 1.73.